The number of carbonyl (C=O) groups excluding carboxylic acids is 2. The predicted octanol–water partition coefficient (Wildman–Crippen LogP) is 1.35. The Labute approximate surface area is 113 Å². The van der Waals surface area contributed by atoms with Gasteiger partial charge in [0, 0.05) is 32.5 Å². The third-order valence-corrected chi connectivity index (χ3v) is 2.84. The van der Waals surface area contributed by atoms with Crippen molar-refractivity contribution in [3.8, 4) is 0 Å². The first-order valence-electron chi connectivity index (χ1n) is 5.85. The van der Waals surface area contributed by atoms with Gasteiger partial charge in [-0.1, -0.05) is 30.3 Å². The standard InChI is InChI=1S/C13H16N2O2.ClH/c16-12-6-7-13(17)15(12)9-8-14-10-11-4-2-1-3-5-11;/h1-5,14H,6-10H2;1H. The summed E-state index contributed by atoms with van der Waals surface area (Å²) in [7, 11) is 0. The van der Waals surface area contributed by atoms with E-state index in [-0.39, 0.29) is 24.2 Å². The van der Waals surface area contributed by atoms with E-state index >= 15 is 0 Å². The van der Waals surface area contributed by atoms with Gasteiger partial charge in [0.15, 0.2) is 0 Å². The van der Waals surface area contributed by atoms with Crippen LogP contribution in [0.4, 0.5) is 0 Å². The van der Waals surface area contributed by atoms with Gasteiger partial charge in [0.2, 0.25) is 11.8 Å². The number of hydrogen-bond acceptors (Lipinski definition) is 3. The molecule has 1 aliphatic heterocycles. The summed E-state index contributed by atoms with van der Waals surface area (Å²) in [6.45, 7) is 1.88. The van der Waals surface area contributed by atoms with Crippen molar-refractivity contribution in [3.05, 3.63) is 35.9 Å². The van der Waals surface area contributed by atoms with Crippen LogP contribution < -0.4 is 5.32 Å². The fraction of sp³-hybridized carbons (Fsp3) is 0.385. The van der Waals surface area contributed by atoms with E-state index in [0.29, 0.717) is 25.9 Å². The highest BCUT2D eigenvalue weighted by Gasteiger charge is 2.27. The minimum Gasteiger partial charge on any atom is -0.311 e. The monoisotopic (exact) mass is 268 g/mol. The van der Waals surface area contributed by atoms with E-state index in [0.717, 1.165) is 6.54 Å². The molecule has 1 aromatic rings. The van der Waals surface area contributed by atoms with Gasteiger partial charge in [-0.3, -0.25) is 14.5 Å². The van der Waals surface area contributed by atoms with Crippen molar-refractivity contribution in [2.45, 2.75) is 19.4 Å². The van der Waals surface area contributed by atoms with Crippen LogP contribution in [0, 0.1) is 0 Å². The van der Waals surface area contributed by atoms with Gasteiger partial charge in [-0.25, -0.2) is 0 Å². The van der Waals surface area contributed by atoms with Crippen LogP contribution in [0.15, 0.2) is 30.3 Å². The molecule has 1 saturated heterocycles. The first kappa shape index (κ1) is 14.7. The van der Waals surface area contributed by atoms with E-state index < -0.39 is 0 Å². The van der Waals surface area contributed by atoms with Crippen LogP contribution in [0.5, 0.6) is 0 Å². The summed E-state index contributed by atoms with van der Waals surface area (Å²) in [6, 6.07) is 10.0. The topological polar surface area (TPSA) is 49.4 Å². The molecule has 0 radical (unpaired) electrons. The molecular formula is C13H17ClN2O2. The van der Waals surface area contributed by atoms with Gasteiger partial charge in [0.05, 0.1) is 0 Å². The number of rotatable bonds is 5. The number of halogens is 1. The fourth-order valence-electron chi connectivity index (χ4n) is 1.89. The molecule has 0 atom stereocenters. The molecule has 0 spiro atoms. The van der Waals surface area contributed by atoms with Gasteiger partial charge >= 0.3 is 0 Å². The number of benzene rings is 1. The number of imide groups is 1. The summed E-state index contributed by atoms with van der Waals surface area (Å²) in [6.07, 6.45) is 0.745. The summed E-state index contributed by atoms with van der Waals surface area (Å²) < 4.78 is 0. The van der Waals surface area contributed by atoms with Crippen molar-refractivity contribution in [2.24, 2.45) is 0 Å². The SMILES string of the molecule is Cl.O=C1CCC(=O)N1CCNCc1ccccc1. The van der Waals surface area contributed by atoms with Crippen LogP contribution in [0.2, 0.25) is 0 Å². The van der Waals surface area contributed by atoms with Crippen molar-refractivity contribution in [1.29, 1.82) is 0 Å². The summed E-state index contributed by atoms with van der Waals surface area (Å²) in [5.74, 6) is -0.0898. The molecule has 0 unspecified atom stereocenters. The lowest BCUT2D eigenvalue weighted by Crippen LogP contribution is -2.35. The average Bonchev–Trinajstić information content (AvgIpc) is 2.67. The number of nitrogens with zero attached hydrogens (tertiary/aromatic N) is 1. The zero-order chi connectivity index (χ0) is 12.1. The van der Waals surface area contributed by atoms with Crippen molar-refractivity contribution < 1.29 is 9.59 Å². The highest BCUT2D eigenvalue weighted by Crippen LogP contribution is 2.10. The molecule has 1 fully saturated rings. The Morgan fingerprint density at radius 3 is 2.28 bits per heavy atom. The summed E-state index contributed by atoms with van der Waals surface area (Å²) >= 11 is 0. The van der Waals surface area contributed by atoms with E-state index in [4.69, 9.17) is 0 Å². The lowest BCUT2D eigenvalue weighted by Gasteiger charge is -2.13. The predicted molar refractivity (Wildman–Crippen MR) is 71.4 cm³/mol. The Bertz CT molecular complexity index is 393. The fourth-order valence-corrected chi connectivity index (χ4v) is 1.89. The van der Waals surface area contributed by atoms with Crippen molar-refractivity contribution >= 4 is 24.2 Å². The Kier molecular flexibility index (Phi) is 5.82. The third-order valence-electron chi connectivity index (χ3n) is 2.84. The van der Waals surface area contributed by atoms with Gasteiger partial charge in [-0.15, -0.1) is 12.4 Å². The van der Waals surface area contributed by atoms with Crippen LogP contribution >= 0.6 is 12.4 Å². The van der Waals surface area contributed by atoms with E-state index in [1.54, 1.807) is 0 Å². The van der Waals surface area contributed by atoms with Gasteiger partial charge in [-0.05, 0) is 5.56 Å². The molecule has 0 saturated carbocycles. The molecule has 1 aliphatic rings. The first-order valence-corrected chi connectivity index (χ1v) is 5.85. The van der Waals surface area contributed by atoms with E-state index in [9.17, 15) is 9.59 Å². The molecule has 98 valence electrons. The van der Waals surface area contributed by atoms with Gasteiger partial charge in [0.25, 0.3) is 0 Å². The van der Waals surface area contributed by atoms with E-state index in [1.165, 1.54) is 10.5 Å². The summed E-state index contributed by atoms with van der Waals surface area (Å²) in [5.41, 5.74) is 1.20. The summed E-state index contributed by atoms with van der Waals surface area (Å²) in [5, 5.41) is 3.22. The van der Waals surface area contributed by atoms with Crippen LogP contribution in [0.3, 0.4) is 0 Å². The Morgan fingerprint density at radius 2 is 1.67 bits per heavy atom. The molecular weight excluding hydrogens is 252 g/mol. The molecule has 4 nitrogen and oxygen atoms in total. The highest BCUT2D eigenvalue weighted by molar-refractivity contribution is 6.01. The Hall–Kier alpha value is -1.39. The molecule has 5 heteroatoms. The first-order chi connectivity index (χ1) is 8.27. The number of hydrogen-bond donors (Lipinski definition) is 1. The molecule has 18 heavy (non-hydrogen) atoms. The van der Waals surface area contributed by atoms with Crippen LogP contribution in [-0.2, 0) is 16.1 Å². The molecule has 0 aromatic heterocycles. The number of likely N-dealkylation sites (tertiary alicyclic amines) is 1. The largest absolute Gasteiger partial charge is 0.311 e. The lowest BCUT2D eigenvalue weighted by molar-refractivity contribution is -0.138. The van der Waals surface area contributed by atoms with Gasteiger partial charge < -0.3 is 5.32 Å². The molecule has 0 bridgehead atoms. The molecule has 1 aromatic carbocycles. The maximum atomic E-state index is 11.3. The zero-order valence-electron chi connectivity index (χ0n) is 10.1. The molecule has 1 N–H and O–H groups in total. The second-order valence-electron chi connectivity index (χ2n) is 4.10. The smallest absolute Gasteiger partial charge is 0.229 e. The van der Waals surface area contributed by atoms with Crippen molar-refractivity contribution in [1.82, 2.24) is 10.2 Å². The van der Waals surface area contributed by atoms with Gasteiger partial charge in [0.1, 0.15) is 0 Å². The zero-order valence-corrected chi connectivity index (χ0v) is 10.9. The number of carbonyl (C=O) groups is 2. The average molecular weight is 269 g/mol. The Morgan fingerprint density at radius 1 is 1.06 bits per heavy atom. The highest BCUT2D eigenvalue weighted by atomic mass is 35.5. The maximum Gasteiger partial charge on any atom is 0.229 e. The van der Waals surface area contributed by atoms with Crippen LogP contribution in [0.1, 0.15) is 18.4 Å². The normalized spacial score (nSPS) is 14.8. The van der Waals surface area contributed by atoms with Crippen molar-refractivity contribution in [3.63, 3.8) is 0 Å². The van der Waals surface area contributed by atoms with Crippen LogP contribution in [0.25, 0.3) is 0 Å². The van der Waals surface area contributed by atoms with E-state index in [1.807, 2.05) is 30.3 Å². The van der Waals surface area contributed by atoms with Crippen LogP contribution in [-0.4, -0.2) is 29.8 Å². The maximum absolute atomic E-state index is 11.3. The molecule has 2 amide bonds. The van der Waals surface area contributed by atoms with Crippen molar-refractivity contribution in [2.75, 3.05) is 13.1 Å². The number of amides is 2. The van der Waals surface area contributed by atoms with E-state index in [2.05, 4.69) is 5.32 Å². The lowest BCUT2D eigenvalue weighted by atomic mass is 10.2. The third kappa shape index (κ3) is 3.82. The molecule has 1 heterocycles. The minimum absolute atomic E-state index is 0. The molecule has 2 rings (SSSR count). The number of nitrogens with one attached hydrogen (secondary N) is 1. The quantitative estimate of drug-likeness (QED) is 0.648. The van der Waals surface area contributed by atoms with Gasteiger partial charge in [-0.2, -0.15) is 0 Å². The second kappa shape index (κ2) is 7.13. The Balaban J connectivity index is 0.00000162. The minimum atomic E-state index is -0.0449. The molecule has 0 aliphatic carbocycles. The second-order valence-corrected chi connectivity index (χ2v) is 4.10. The summed E-state index contributed by atoms with van der Waals surface area (Å²) in [4.78, 5) is 24.0.